The van der Waals surface area contributed by atoms with E-state index in [0.717, 1.165) is 30.4 Å². The summed E-state index contributed by atoms with van der Waals surface area (Å²) in [6.07, 6.45) is 0. The molecule has 2 heterocycles. The first-order chi connectivity index (χ1) is 7.77. The Bertz CT molecular complexity index is 372. The molecule has 0 spiro atoms. The number of carbonyl (C=O) groups is 1. The molecule has 2 rings (SSSR count). The second-order valence-corrected chi connectivity index (χ2v) is 6.18. The van der Waals surface area contributed by atoms with Crippen molar-refractivity contribution in [2.45, 2.75) is 4.21 Å². The third kappa shape index (κ3) is 2.90. The number of nitrogens with one attached hydrogen (secondary N) is 1. The van der Waals surface area contributed by atoms with Crippen LogP contribution >= 0.6 is 11.3 Å². The summed E-state index contributed by atoms with van der Waals surface area (Å²) in [7, 11) is -1.18. The SMILES string of the molecule is O=C(CS(=O)c1cccs1)N1CCNCC1. The number of thiophene rings is 1. The molecule has 6 heteroatoms. The van der Waals surface area contributed by atoms with E-state index >= 15 is 0 Å². The molecule has 1 aliphatic rings. The molecule has 88 valence electrons. The van der Waals surface area contributed by atoms with Gasteiger partial charge in [0.2, 0.25) is 5.91 Å². The Morgan fingerprint density at radius 3 is 2.88 bits per heavy atom. The van der Waals surface area contributed by atoms with Gasteiger partial charge in [-0.15, -0.1) is 11.3 Å². The Morgan fingerprint density at radius 1 is 1.50 bits per heavy atom. The predicted molar refractivity (Wildman–Crippen MR) is 65.0 cm³/mol. The number of hydrogen-bond donors (Lipinski definition) is 1. The van der Waals surface area contributed by atoms with Crippen LogP contribution in [0.3, 0.4) is 0 Å². The lowest BCUT2D eigenvalue weighted by Gasteiger charge is -2.27. The fourth-order valence-electron chi connectivity index (χ4n) is 1.58. The summed E-state index contributed by atoms with van der Waals surface area (Å²) < 4.78 is 12.6. The third-order valence-electron chi connectivity index (χ3n) is 2.44. The Balaban J connectivity index is 1.89. The van der Waals surface area contributed by atoms with Gasteiger partial charge in [0, 0.05) is 26.2 Å². The molecule has 1 atom stereocenters. The summed E-state index contributed by atoms with van der Waals surface area (Å²) in [5, 5.41) is 5.06. The second-order valence-electron chi connectivity index (χ2n) is 3.55. The van der Waals surface area contributed by atoms with Crippen LogP contribution < -0.4 is 5.32 Å². The van der Waals surface area contributed by atoms with E-state index in [4.69, 9.17) is 0 Å². The van der Waals surface area contributed by atoms with E-state index in [2.05, 4.69) is 5.32 Å². The fraction of sp³-hybridized carbons (Fsp3) is 0.500. The second kappa shape index (κ2) is 5.56. The van der Waals surface area contributed by atoms with Crippen molar-refractivity contribution in [3.63, 3.8) is 0 Å². The monoisotopic (exact) mass is 258 g/mol. The van der Waals surface area contributed by atoms with Crippen molar-refractivity contribution < 1.29 is 9.00 Å². The lowest BCUT2D eigenvalue weighted by Crippen LogP contribution is -2.47. The number of rotatable bonds is 3. The molecular weight excluding hydrogens is 244 g/mol. The first kappa shape index (κ1) is 11.8. The number of nitrogens with zero attached hydrogens (tertiary/aromatic N) is 1. The molecular formula is C10H14N2O2S2. The zero-order valence-electron chi connectivity index (χ0n) is 8.85. The van der Waals surface area contributed by atoms with Gasteiger partial charge in [-0.3, -0.25) is 9.00 Å². The van der Waals surface area contributed by atoms with Gasteiger partial charge in [-0.25, -0.2) is 0 Å². The van der Waals surface area contributed by atoms with Crippen LogP contribution in [-0.4, -0.2) is 46.9 Å². The van der Waals surface area contributed by atoms with E-state index in [9.17, 15) is 9.00 Å². The number of piperazine rings is 1. The molecule has 1 saturated heterocycles. The van der Waals surface area contributed by atoms with Gasteiger partial charge in [-0.1, -0.05) is 6.07 Å². The molecule has 4 nitrogen and oxygen atoms in total. The third-order valence-corrected chi connectivity index (χ3v) is 5.05. The molecule has 1 aromatic rings. The van der Waals surface area contributed by atoms with Crippen LogP contribution in [0.25, 0.3) is 0 Å². The van der Waals surface area contributed by atoms with Gasteiger partial charge < -0.3 is 10.2 Å². The van der Waals surface area contributed by atoms with Crippen LogP contribution in [0, 0.1) is 0 Å². The lowest BCUT2D eigenvalue weighted by atomic mass is 10.3. The molecule has 16 heavy (non-hydrogen) atoms. The first-order valence-electron chi connectivity index (χ1n) is 5.18. The molecule has 1 unspecified atom stereocenters. The van der Waals surface area contributed by atoms with Crippen molar-refractivity contribution in [1.82, 2.24) is 10.2 Å². The maximum atomic E-state index is 11.8. The quantitative estimate of drug-likeness (QED) is 0.847. The Labute approximate surface area is 101 Å². The van der Waals surface area contributed by atoms with Crippen molar-refractivity contribution in [2.75, 3.05) is 31.9 Å². The van der Waals surface area contributed by atoms with Gasteiger partial charge in [0.15, 0.2) is 0 Å². The number of amides is 1. The molecule has 0 bridgehead atoms. The smallest absolute Gasteiger partial charge is 0.235 e. The van der Waals surface area contributed by atoms with Gasteiger partial charge >= 0.3 is 0 Å². The van der Waals surface area contributed by atoms with Gasteiger partial charge in [0.25, 0.3) is 0 Å². The van der Waals surface area contributed by atoms with Crippen molar-refractivity contribution in [3.05, 3.63) is 17.5 Å². The summed E-state index contributed by atoms with van der Waals surface area (Å²) in [5.41, 5.74) is 0. The molecule has 1 aliphatic heterocycles. The molecule has 1 amide bonds. The maximum Gasteiger partial charge on any atom is 0.235 e. The van der Waals surface area contributed by atoms with E-state index in [1.54, 1.807) is 4.90 Å². The molecule has 1 N–H and O–H groups in total. The Kier molecular flexibility index (Phi) is 4.09. The standard InChI is InChI=1S/C10H14N2O2S2/c13-9(12-5-3-11-4-6-12)8-16(14)10-2-1-7-15-10/h1-2,7,11H,3-6,8H2. The summed E-state index contributed by atoms with van der Waals surface area (Å²) in [6, 6.07) is 3.67. The van der Waals surface area contributed by atoms with E-state index in [1.807, 2.05) is 17.5 Å². The van der Waals surface area contributed by atoms with Crippen molar-refractivity contribution in [2.24, 2.45) is 0 Å². The largest absolute Gasteiger partial charge is 0.339 e. The summed E-state index contributed by atoms with van der Waals surface area (Å²) in [6.45, 7) is 3.11. The Morgan fingerprint density at radius 2 is 2.25 bits per heavy atom. The summed E-state index contributed by atoms with van der Waals surface area (Å²) in [4.78, 5) is 13.6. The normalized spacial score (nSPS) is 18.4. The van der Waals surface area contributed by atoms with Crippen LogP contribution in [0.5, 0.6) is 0 Å². The summed E-state index contributed by atoms with van der Waals surface area (Å²) in [5.74, 6) is 0.105. The predicted octanol–water partition coefficient (Wildman–Crippen LogP) is 0.288. The van der Waals surface area contributed by atoms with E-state index in [0.29, 0.717) is 0 Å². The van der Waals surface area contributed by atoms with Gasteiger partial charge in [-0.2, -0.15) is 0 Å². The van der Waals surface area contributed by atoms with Gasteiger partial charge in [0.1, 0.15) is 5.75 Å². The molecule has 0 aliphatic carbocycles. The van der Waals surface area contributed by atoms with Crippen LogP contribution in [0.15, 0.2) is 21.7 Å². The summed E-state index contributed by atoms with van der Waals surface area (Å²) >= 11 is 1.44. The maximum absolute atomic E-state index is 11.8. The van der Waals surface area contributed by atoms with Crippen molar-refractivity contribution in [1.29, 1.82) is 0 Å². The molecule has 1 fully saturated rings. The lowest BCUT2D eigenvalue weighted by molar-refractivity contribution is -0.128. The van der Waals surface area contributed by atoms with E-state index in [-0.39, 0.29) is 11.7 Å². The highest BCUT2D eigenvalue weighted by Crippen LogP contribution is 2.14. The topological polar surface area (TPSA) is 49.4 Å². The number of hydrogen-bond acceptors (Lipinski definition) is 4. The van der Waals surface area contributed by atoms with Crippen LogP contribution in [0.4, 0.5) is 0 Å². The highest BCUT2D eigenvalue weighted by atomic mass is 32.2. The molecule has 1 aromatic heterocycles. The van der Waals surface area contributed by atoms with Crippen molar-refractivity contribution >= 4 is 28.0 Å². The van der Waals surface area contributed by atoms with Crippen LogP contribution in [0.2, 0.25) is 0 Å². The minimum atomic E-state index is -1.18. The number of carbonyl (C=O) groups excluding carboxylic acids is 1. The average molecular weight is 258 g/mol. The highest BCUT2D eigenvalue weighted by Gasteiger charge is 2.19. The zero-order chi connectivity index (χ0) is 11.4. The zero-order valence-corrected chi connectivity index (χ0v) is 10.5. The average Bonchev–Trinajstić information content (AvgIpc) is 2.83. The molecule has 0 aromatic carbocycles. The first-order valence-corrected chi connectivity index (χ1v) is 7.37. The van der Waals surface area contributed by atoms with Crippen LogP contribution in [0.1, 0.15) is 0 Å². The molecule has 0 saturated carbocycles. The minimum Gasteiger partial charge on any atom is -0.339 e. The van der Waals surface area contributed by atoms with Gasteiger partial charge in [0.05, 0.1) is 15.0 Å². The van der Waals surface area contributed by atoms with E-state index < -0.39 is 10.8 Å². The fourth-order valence-corrected chi connectivity index (χ4v) is 3.58. The Hall–Kier alpha value is -0.720. The van der Waals surface area contributed by atoms with E-state index in [1.165, 1.54) is 11.3 Å². The molecule has 0 radical (unpaired) electrons. The highest BCUT2D eigenvalue weighted by molar-refractivity contribution is 7.88. The van der Waals surface area contributed by atoms with Crippen molar-refractivity contribution in [3.8, 4) is 0 Å². The minimum absolute atomic E-state index is 0.00627. The van der Waals surface area contributed by atoms with Crippen LogP contribution in [-0.2, 0) is 15.6 Å². The van der Waals surface area contributed by atoms with Gasteiger partial charge in [-0.05, 0) is 11.4 Å².